The van der Waals surface area contributed by atoms with Crippen molar-refractivity contribution in [3.05, 3.63) is 23.8 Å². The largest absolute Gasteiger partial charge is 0.493 e. The van der Waals surface area contributed by atoms with E-state index in [-0.39, 0.29) is 0 Å². The second-order valence-corrected chi connectivity index (χ2v) is 5.71. The smallest absolute Gasteiger partial charge is 0.245 e. The molecular weight excluding hydrogens is 266 g/mol. The van der Waals surface area contributed by atoms with Crippen molar-refractivity contribution in [3.63, 3.8) is 0 Å². The molecule has 2 aliphatic rings. The van der Waals surface area contributed by atoms with Crippen LogP contribution in [-0.4, -0.2) is 47.5 Å². The van der Waals surface area contributed by atoms with Crippen LogP contribution in [0.2, 0.25) is 0 Å². The molecule has 2 aromatic rings. The highest BCUT2D eigenvalue weighted by Crippen LogP contribution is 2.29. The number of nitrogens with zero attached hydrogens (tertiary/aromatic N) is 3. The summed E-state index contributed by atoms with van der Waals surface area (Å²) >= 11 is 0. The van der Waals surface area contributed by atoms with Gasteiger partial charge in [-0.15, -0.1) is 5.10 Å². The summed E-state index contributed by atoms with van der Waals surface area (Å²) in [4.78, 5) is 6.87. The molecular formula is C15H19N5O. The van der Waals surface area contributed by atoms with Gasteiger partial charge in [0.15, 0.2) is 5.82 Å². The number of H-pyrrole nitrogens is 1. The van der Waals surface area contributed by atoms with Gasteiger partial charge in [-0.3, -0.25) is 5.10 Å². The van der Waals surface area contributed by atoms with Crippen LogP contribution in [0.5, 0.6) is 5.75 Å². The van der Waals surface area contributed by atoms with Crippen LogP contribution in [0.4, 0.5) is 5.95 Å². The van der Waals surface area contributed by atoms with Crippen molar-refractivity contribution < 1.29 is 4.74 Å². The van der Waals surface area contributed by atoms with E-state index >= 15 is 0 Å². The molecule has 0 aliphatic carbocycles. The molecule has 0 bridgehead atoms. The molecule has 6 nitrogen and oxygen atoms in total. The summed E-state index contributed by atoms with van der Waals surface area (Å²) in [6, 6.07) is 6.67. The maximum Gasteiger partial charge on any atom is 0.245 e. The minimum absolute atomic E-state index is 0.470. The van der Waals surface area contributed by atoms with Crippen molar-refractivity contribution in [1.29, 1.82) is 0 Å². The number of rotatable bonds is 2. The minimum Gasteiger partial charge on any atom is -0.493 e. The zero-order valence-electron chi connectivity index (χ0n) is 12.1. The van der Waals surface area contributed by atoms with Crippen molar-refractivity contribution in [3.8, 4) is 17.1 Å². The number of aromatic nitrogens is 3. The van der Waals surface area contributed by atoms with Gasteiger partial charge in [0, 0.05) is 37.7 Å². The van der Waals surface area contributed by atoms with Crippen molar-refractivity contribution in [2.45, 2.75) is 19.4 Å². The minimum atomic E-state index is 0.470. The third-order valence-electron chi connectivity index (χ3n) is 4.09. The Morgan fingerprint density at radius 2 is 2.33 bits per heavy atom. The molecule has 4 rings (SSSR count). The standard InChI is InChI=1S/C15H19N5O/c1-10-9-20(6-5-16-10)15-17-14(18-19-15)12-2-3-13-11(8-12)4-7-21-13/h2-3,8,10,16H,4-7,9H2,1H3,(H,17,18,19)/t10-/m0/s1. The molecule has 1 aromatic carbocycles. The van der Waals surface area contributed by atoms with Crippen LogP contribution in [0, 0.1) is 0 Å². The monoisotopic (exact) mass is 285 g/mol. The van der Waals surface area contributed by atoms with Crippen molar-refractivity contribution in [1.82, 2.24) is 20.5 Å². The zero-order chi connectivity index (χ0) is 14.2. The van der Waals surface area contributed by atoms with Gasteiger partial charge >= 0.3 is 0 Å². The van der Waals surface area contributed by atoms with Gasteiger partial charge < -0.3 is 15.0 Å². The highest BCUT2D eigenvalue weighted by molar-refractivity contribution is 5.60. The number of ether oxygens (including phenoxy) is 1. The van der Waals surface area contributed by atoms with Crippen molar-refractivity contribution in [2.75, 3.05) is 31.1 Å². The Bertz CT molecular complexity index is 653. The fourth-order valence-electron chi connectivity index (χ4n) is 2.97. The first-order valence-electron chi connectivity index (χ1n) is 7.46. The molecule has 110 valence electrons. The maximum atomic E-state index is 5.54. The number of aromatic amines is 1. The van der Waals surface area contributed by atoms with Crippen LogP contribution in [0.3, 0.4) is 0 Å². The molecule has 2 N–H and O–H groups in total. The van der Waals surface area contributed by atoms with Crippen LogP contribution < -0.4 is 15.0 Å². The Hall–Kier alpha value is -2.08. The molecule has 0 saturated carbocycles. The van der Waals surface area contributed by atoms with E-state index in [0.717, 1.165) is 55.7 Å². The van der Waals surface area contributed by atoms with E-state index < -0.39 is 0 Å². The summed E-state index contributed by atoms with van der Waals surface area (Å²) in [7, 11) is 0. The summed E-state index contributed by atoms with van der Waals surface area (Å²) in [5.74, 6) is 2.61. The number of anilines is 1. The Kier molecular flexibility index (Phi) is 3.03. The Morgan fingerprint density at radius 3 is 3.24 bits per heavy atom. The zero-order valence-corrected chi connectivity index (χ0v) is 12.1. The number of benzene rings is 1. The van der Waals surface area contributed by atoms with Gasteiger partial charge in [0.1, 0.15) is 5.75 Å². The lowest BCUT2D eigenvalue weighted by Gasteiger charge is -2.30. The molecule has 0 radical (unpaired) electrons. The lowest BCUT2D eigenvalue weighted by molar-refractivity contribution is 0.357. The molecule has 1 aromatic heterocycles. The van der Waals surface area contributed by atoms with Gasteiger partial charge in [-0.05, 0) is 30.7 Å². The summed E-state index contributed by atoms with van der Waals surface area (Å²) < 4.78 is 5.54. The second kappa shape index (κ2) is 5.04. The average Bonchev–Trinajstić information content (AvgIpc) is 3.15. The molecule has 1 fully saturated rings. The normalized spacial score (nSPS) is 21.2. The molecule has 0 unspecified atom stereocenters. The van der Waals surface area contributed by atoms with E-state index in [2.05, 4.69) is 38.4 Å². The van der Waals surface area contributed by atoms with E-state index in [1.54, 1.807) is 0 Å². The van der Waals surface area contributed by atoms with Crippen molar-refractivity contribution in [2.24, 2.45) is 0 Å². The number of hydrogen-bond donors (Lipinski definition) is 2. The summed E-state index contributed by atoms with van der Waals surface area (Å²) in [6.07, 6.45) is 0.972. The van der Waals surface area contributed by atoms with Crippen LogP contribution in [-0.2, 0) is 6.42 Å². The van der Waals surface area contributed by atoms with E-state index in [4.69, 9.17) is 4.74 Å². The first kappa shape index (κ1) is 12.6. The number of fused-ring (bicyclic) bond motifs is 1. The second-order valence-electron chi connectivity index (χ2n) is 5.71. The molecule has 0 spiro atoms. The van der Waals surface area contributed by atoms with E-state index in [0.29, 0.717) is 6.04 Å². The van der Waals surface area contributed by atoms with Gasteiger partial charge in [0.2, 0.25) is 5.95 Å². The fourth-order valence-corrected chi connectivity index (χ4v) is 2.97. The lowest BCUT2D eigenvalue weighted by atomic mass is 10.1. The first-order valence-corrected chi connectivity index (χ1v) is 7.46. The third-order valence-corrected chi connectivity index (χ3v) is 4.09. The molecule has 6 heteroatoms. The van der Waals surface area contributed by atoms with Crippen LogP contribution in [0.1, 0.15) is 12.5 Å². The van der Waals surface area contributed by atoms with Gasteiger partial charge in [-0.25, -0.2) is 0 Å². The van der Waals surface area contributed by atoms with E-state index in [9.17, 15) is 0 Å². The fraction of sp³-hybridized carbons (Fsp3) is 0.467. The Morgan fingerprint density at radius 1 is 1.38 bits per heavy atom. The molecule has 1 saturated heterocycles. The highest BCUT2D eigenvalue weighted by Gasteiger charge is 2.20. The maximum absolute atomic E-state index is 5.54. The number of nitrogens with one attached hydrogen (secondary N) is 2. The predicted octanol–water partition coefficient (Wildman–Crippen LogP) is 1.20. The predicted molar refractivity (Wildman–Crippen MR) is 80.7 cm³/mol. The van der Waals surface area contributed by atoms with Crippen LogP contribution >= 0.6 is 0 Å². The van der Waals surface area contributed by atoms with Crippen molar-refractivity contribution >= 4 is 5.95 Å². The number of hydrogen-bond acceptors (Lipinski definition) is 5. The van der Waals surface area contributed by atoms with Gasteiger partial charge in [-0.2, -0.15) is 4.98 Å². The topological polar surface area (TPSA) is 66.1 Å². The third kappa shape index (κ3) is 2.35. The van der Waals surface area contributed by atoms with E-state index in [1.807, 2.05) is 12.1 Å². The molecule has 21 heavy (non-hydrogen) atoms. The van der Waals surface area contributed by atoms with Gasteiger partial charge in [0.25, 0.3) is 0 Å². The summed E-state index contributed by atoms with van der Waals surface area (Å²) in [5.41, 5.74) is 2.32. The average molecular weight is 285 g/mol. The highest BCUT2D eigenvalue weighted by atomic mass is 16.5. The number of piperazine rings is 1. The Labute approximate surface area is 123 Å². The van der Waals surface area contributed by atoms with Gasteiger partial charge in [0.05, 0.1) is 6.61 Å². The summed E-state index contributed by atoms with van der Waals surface area (Å²) in [6.45, 7) is 5.82. The Balaban J connectivity index is 1.59. The van der Waals surface area contributed by atoms with Gasteiger partial charge in [-0.1, -0.05) is 0 Å². The molecule has 2 aliphatic heterocycles. The molecule has 3 heterocycles. The van der Waals surface area contributed by atoms with Crippen LogP contribution in [0.25, 0.3) is 11.4 Å². The molecule has 1 atom stereocenters. The summed E-state index contributed by atoms with van der Waals surface area (Å²) in [5, 5.41) is 10.9. The SMILES string of the molecule is C[C@H]1CN(c2n[nH]c(-c3ccc4c(c3)CCO4)n2)CCN1. The first-order chi connectivity index (χ1) is 10.3. The quantitative estimate of drug-likeness (QED) is 0.868. The van der Waals surface area contributed by atoms with Crippen LogP contribution in [0.15, 0.2) is 18.2 Å². The molecule has 0 amide bonds. The van der Waals surface area contributed by atoms with E-state index in [1.165, 1.54) is 5.56 Å². The lowest BCUT2D eigenvalue weighted by Crippen LogP contribution is -2.49.